The first-order chi connectivity index (χ1) is 10.9. The summed E-state index contributed by atoms with van der Waals surface area (Å²) in [5.41, 5.74) is 0.856. The Morgan fingerprint density at radius 1 is 1.39 bits per heavy atom. The molecule has 1 heterocycles. The van der Waals surface area contributed by atoms with Crippen molar-refractivity contribution in [1.29, 1.82) is 0 Å². The Bertz CT molecular complexity index is 714. The van der Waals surface area contributed by atoms with Crippen LogP contribution in [0.2, 0.25) is 0 Å². The molecule has 1 saturated heterocycles. The SMILES string of the molecule is COC(=O)c1ccccc1/C=C1\SC(=S)N(CCC(=O)[O-])C1=O. The first-order valence-electron chi connectivity index (χ1n) is 6.56. The Morgan fingerprint density at radius 3 is 2.74 bits per heavy atom. The zero-order chi connectivity index (χ0) is 17.0. The molecule has 0 saturated carbocycles. The summed E-state index contributed by atoms with van der Waals surface area (Å²) in [6.45, 7) is -0.0387. The third kappa shape index (κ3) is 3.96. The maximum Gasteiger partial charge on any atom is 0.338 e. The maximum atomic E-state index is 12.3. The van der Waals surface area contributed by atoms with Crippen molar-refractivity contribution in [2.24, 2.45) is 0 Å². The molecular weight excluding hydrogens is 338 g/mol. The topological polar surface area (TPSA) is 86.7 Å². The van der Waals surface area contributed by atoms with E-state index >= 15 is 0 Å². The highest BCUT2D eigenvalue weighted by Gasteiger charge is 2.31. The average molecular weight is 350 g/mol. The molecule has 0 unspecified atom stereocenters. The van der Waals surface area contributed by atoms with Gasteiger partial charge in [-0.15, -0.1) is 0 Å². The number of carbonyl (C=O) groups is 3. The second-order valence-electron chi connectivity index (χ2n) is 4.53. The molecule has 1 aliphatic heterocycles. The van der Waals surface area contributed by atoms with Crippen LogP contribution in [0.3, 0.4) is 0 Å². The highest BCUT2D eigenvalue weighted by molar-refractivity contribution is 8.26. The van der Waals surface area contributed by atoms with Crippen LogP contribution in [-0.4, -0.2) is 40.7 Å². The number of carbonyl (C=O) groups excluding carboxylic acids is 3. The molecule has 1 aromatic carbocycles. The molecule has 8 heteroatoms. The van der Waals surface area contributed by atoms with Gasteiger partial charge in [-0.1, -0.05) is 42.2 Å². The highest BCUT2D eigenvalue weighted by atomic mass is 32.2. The number of carboxylic acid groups (broad SMARTS) is 1. The molecule has 1 aromatic rings. The van der Waals surface area contributed by atoms with Gasteiger partial charge >= 0.3 is 5.97 Å². The van der Waals surface area contributed by atoms with Gasteiger partial charge in [0.05, 0.1) is 17.6 Å². The molecule has 1 amide bonds. The van der Waals surface area contributed by atoms with Crippen LogP contribution >= 0.6 is 24.0 Å². The lowest BCUT2D eigenvalue weighted by Crippen LogP contribution is -2.33. The van der Waals surface area contributed by atoms with Gasteiger partial charge in [-0.3, -0.25) is 9.69 Å². The smallest absolute Gasteiger partial charge is 0.338 e. The van der Waals surface area contributed by atoms with Crippen LogP contribution in [0.5, 0.6) is 0 Å². The molecular formula is C15H12NO5S2-. The molecule has 120 valence electrons. The molecule has 0 aliphatic carbocycles. The van der Waals surface area contributed by atoms with Crippen molar-refractivity contribution in [3.63, 3.8) is 0 Å². The largest absolute Gasteiger partial charge is 0.550 e. The molecule has 1 fully saturated rings. The van der Waals surface area contributed by atoms with Gasteiger partial charge in [0.25, 0.3) is 5.91 Å². The number of aliphatic carboxylic acids is 1. The van der Waals surface area contributed by atoms with Gasteiger partial charge < -0.3 is 14.6 Å². The first-order valence-corrected chi connectivity index (χ1v) is 7.79. The zero-order valence-electron chi connectivity index (χ0n) is 12.1. The molecule has 0 bridgehead atoms. The number of methoxy groups -OCH3 is 1. The predicted octanol–water partition coefficient (Wildman–Crippen LogP) is 0.814. The molecule has 1 aliphatic rings. The van der Waals surface area contributed by atoms with Gasteiger partial charge in [-0.25, -0.2) is 4.79 Å². The zero-order valence-corrected chi connectivity index (χ0v) is 13.7. The number of rotatable bonds is 5. The van der Waals surface area contributed by atoms with E-state index in [0.29, 0.717) is 16.0 Å². The number of ether oxygens (including phenoxy) is 1. The van der Waals surface area contributed by atoms with E-state index in [1.807, 2.05) is 0 Å². The number of benzene rings is 1. The summed E-state index contributed by atoms with van der Waals surface area (Å²) in [4.78, 5) is 36.1. The first kappa shape index (κ1) is 17.2. The van der Waals surface area contributed by atoms with Crippen molar-refractivity contribution < 1.29 is 24.2 Å². The second kappa shape index (κ2) is 7.38. The lowest BCUT2D eigenvalue weighted by molar-refractivity contribution is -0.305. The van der Waals surface area contributed by atoms with Crippen molar-refractivity contribution in [2.45, 2.75) is 6.42 Å². The van der Waals surface area contributed by atoms with E-state index in [9.17, 15) is 19.5 Å². The minimum atomic E-state index is -1.25. The van der Waals surface area contributed by atoms with Gasteiger partial charge in [0.2, 0.25) is 0 Å². The minimum absolute atomic E-state index is 0.0387. The Kier molecular flexibility index (Phi) is 5.51. The highest BCUT2D eigenvalue weighted by Crippen LogP contribution is 2.33. The molecule has 0 radical (unpaired) electrons. The standard InChI is InChI=1S/C15H13NO5S2/c1-21-14(20)10-5-3-2-4-9(10)8-11-13(19)16(15(22)23-11)7-6-12(17)18/h2-5,8H,6-7H2,1H3,(H,17,18)/p-1/b11-8-. The van der Waals surface area contributed by atoms with Gasteiger partial charge in [0, 0.05) is 18.9 Å². The van der Waals surface area contributed by atoms with Gasteiger partial charge in [0.15, 0.2) is 0 Å². The quantitative estimate of drug-likeness (QED) is 0.441. The minimum Gasteiger partial charge on any atom is -0.550 e. The van der Waals surface area contributed by atoms with E-state index in [0.717, 1.165) is 11.8 Å². The summed E-state index contributed by atoms with van der Waals surface area (Å²) in [7, 11) is 1.28. The molecule has 0 spiro atoms. The van der Waals surface area contributed by atoms with Crippen LogP contribution in [-0.2, 0) is 14.3 Å². The number of thiocarbonyl (C=S) groups is 1. The van der Waals surface area contributed by atoms with Crippen LogP contribution in [0.15, 0.2) is 29.2 Å². The fourth-order valence-corrected chi connectivity index (χ4v) is 3.26. The monoisotopic (exact) mass is 350 g/mol. The van der Waals surface area contributed by atoms with Crippen molar-refractivity contribution in [3.05, 3.63) is 40.3 Å². The average Bonchev–Trinajstić information content (AvgIpc) is 2.79. The fraction of sp³-hybridized carbons (Fsp3) is 0.200. The Labute approximate surface area is 142 Å². The van der Waals surface area contributed by atoms with E-state index < -0.39 is 11.9 Å². The molecule has 0 atom stereocenters. The predicted molar refractivity (Wildman–Crippen MR) is 87.3 cm³/mol. The number of amides is 1. The van der Waals surface area contributed by atoms with Crippen LogP contribution in [0.1, 0.15) is 22.3 Å². The van der Waals surface area contributed by atoms with Crippen molar-refractivity contribution in [2.75, 3.05) is 13.7 Å². The fourth-order valence-electron chi connectivity index (χ4n) is 1.96. The number of nitrogens with zero attached hydrogens (tertiary/aromatic N) is 1. The Hall–Kier alpha value is -2.19. The summed E-state index contributed by atoms with van der Waals surface area (Å²) in [5.74, 6) is -2.15. The maximum absolute atomic E-state index is 12.3. The molecule has 0 aromatic heterocycles. The third-order valence-electron chi connectivity index (χ3n) is 3.07. The third-order valence-corrected chi connectivity index (χ3v) is 4.44. The summed E-state index contributed by atoms with van der Waals surface area (Å²) in [6, 6.07) is 6.69. The number of esters is 1. The van der Waals surface area contributed by atoms with Crippen LogP contribution < -0.4 is 5.11 Å². The van der Waals surface area contributed by atoms with Gasteiger partial charge in [0.1, 0.15) is 4.32 Å². The molecule has 23 heavy (non-hydrogen) atoms. The number of thioether (sulfide) groups is 1. The summed E-state index contributed by atoms with van der Waals surface area (Å²) < 4.78 is 4.98. The van der Waals surface area contributed by atoms with E-state index in [-0.39, 0.29) is 23.2 Å². The molecule has 0 N–H and O–H groups in total. The molecule has 2 rings (SSSR count). The van der Waals surface area contributed by atoms with E-state index in [2.05, 4.69) is 0 Å². The Balaban J connectivity index is 2.28. The summed E-state index contributed by atoms with van der Waals surface area (Å²) >= 11 is 6.15. The van der Waals surface area contributed by atoms with Crippen molar-refractivity contribution in [3.8, 4) is 0 Å². The number of hydrogen-bond acceptors (Lipinski definition) is 7. The lowest BCUT2D eigenvalue weighted by atomic mass is 10.1. The van der Waals surface area contributed by atoms with Crippen LogP contribution in [0.25, 0.3) is 6.08 Å². The van der Waals surface area contributed by atoms with Crippen LogP contribution in [0.4, 0.5) is 0 Å². The van der Waals surface area contributed by atoms with Crippen molar-refractivity contribution >= 4 is 52.2 Å². The Morgan fingerprint density at radius 2 is 2.09 bits per heavy atom. The second-order valence-corrected chi connectivity index (χ2v) is 6.21. The lowest BCUT2D eigenvalue weighted by Gasteiger charge is -2.14. The van der Waals surface area contributed by atoms with Crippen LogP contribution in [0, 0.1) is 0 Å². The van der Waals surface area contributed by atoms with E-state index in [1.54, 1.807) is 30.3 Å². The normalized spacial score (nSPS) is 16.0. The van der Waals surface area contributed by atoms with Crippen molar-refractivity contribution in [1.82, 2.24) is 4.90 Å². The molecule has 6 nitrogen and oxygen atoms in total. The van der Waals surface area contributed by atoms with E-state index in [4.69, 9.17) is 17.0 Å². The van der Waals surface area contributed by atoms with E-state index in [1.165, 1.54) is 12.0 Å². The van der Waals surface area contributed by atoms with Gasteiger partial charge in [-0.05, 0) is 17.7 Å². The van der Waals surface area contributed by atoms with Gasteiger partial charge in [-0.2, -0.15) is 0 Å². The summed E-state index contributed by atoms with van der Waals surface area (Å²) in [6.07, 6.45) is 1.25. The number of carboxylic acids is 1. The number of hydrogen-bond donors (Lipinski definition) is 0. The summed E-state index contributed by atoms with van der Waals surface area (Å²) in [5, 5.41) is 10.5.